The van der Waals surface area contributed by atoms with Crippen molar-refractivity contribution < 1.29 is 4.39 Å². The summed E-state index contributed by atoms with van der Waals surface area (Å²) in [6.45, 7) is 4.57. The van der Waals surface area contributed by atoms with Gasteiger partial charge in [0.15, 0.2) is 0 Å². The summed E-state index contributed by atoms with van der Waals surface area (Å²) in [7, 11) is 0. The number of halogens is 4. The lowest BCUT2D eigenvalue weighted by Gasteiger charge is -2.20. The van der Waals surface area contributed by atoms with Gasteiger partial charge in [0.05, 0.1) is 13.6 Å². The summed E-state index contributed by atoms with van der Waals surface area (Å²) in [5.74, 6) is -0.278. The maximum atomic E-state index is 13.6. The van der Waals surface area contributed by atoms with E-state index >= 15 is 0 Å². The van der Waals surface area contributed by atoms with Gasteiger partial charge < -0.3 is 5.32 Å². The van der Waals surface area contributed by atoms with Crippen LogP contribution in [0.3, 0.4) is 0 Å². The summed E-state index contributed by atoms with van der Waals surface area (Å²) in [6, 6.07) is 5.18. The summed E-state index contributed by atoms with van der Waals surface area (Å²) in [4.78, 5) is 0. The zero-order chi connectivity index (χ0) is 14.9. The maximum Gasteiger partial charge on any atom is 0.127 e. The van der Waals surface area contributed by atoms with Crippen LogP contribution in [0.25, 0.3) is 0 Å². The van der Waals surface area contributed by atoms with E-state index in [0.29, 0.717) is 10.6 Å². The second-order valence-corrected chi connectivity index (χ2v) is 8.55. The monoisotopic (exact) mass is 439 g/mol. The standard InChI is InChI=1S/C14H13Br2ClFNS/c1-3-19-13(9-5-12(15)20-14(9)16)8-4-7(2)11(18)6-10(8)17/h4-6,13,19H,3H2,1-2H3. The van der Waals surface area contributed by atoms with Crippen molar-refractivity contribution in [3.63, 3.8) is 0 Å². The molecule has 0 aliphatic carbocycles. The molecule has 1 heterocycles. The molecule has 0 spiro atoms. The van der Waals surface area contributed by atoms with Crippen molar-refractivity contribution in [3.05, 3.63) is 53.3 Å². The Morgan fingerprint density at radius 3 is 2.55 bits per heavy atom. The van der Waals surface area contributed by atoms with Crippen molar-refractivity contribution in [1.82, 2.24) is 5.32 Å². The Bertz CT molecular complexity index is 630. The number of hydrogen-bond acceptors (Lipinski definition) is 2. The molecule has 2 aromatic rings. The number of hydrogen-bond donors (Lipinski definition) is 1. The summed E-state index contributed by atoms with van der Waals surface area (Å²) < 4.78 is 15.6. The first-order valence-electron chi connectivity index (χ1n) is 6.07. The average molecular weight is 442 g/mol. The molecule has 1 aromatic carbocycles. The van der Waals surface area contributed by atoms with Crippen molar-refractivity contribution in [1.29, 1.82) is 0 Å². The minimum atomic E-state index is -0.278. The predicted molar refractivity (Wildman–Crippen MR) is 91.4 cm³/mol. The smallest absolute Gasteiger partial charge is 0.127 e. The van der Waals surface area contributed by atoms with E-state index in [4.69, 9.17) is 11.6 Å². The first kappa shape index (κ1) is 16.4. The molecule has 0 radical (unpaired) electrons. The van der Waals surface area contributed by atoms with Crippen LogP contribution >= 0.6 is 54.8 Å². The Morgan fingerprint density at radius 2 is 2.00 bits per heavy atom. The lowest BCUT2D eigenvalue weighted by molar-refractivity contribution is 0.606. The van der Waals surface area contributed by atoms with E-state index in [0.717, 1.165) is 25.2 Å². The molecule has 0 aliphatic rings. The minimum absolute atomic E-state index is 0.0660. The van der Waals surface area contributed by atoms with Gasteiger partial charge in [-0.15, -0.1) is 11.3 Å². The maximum absolute atomic E-state index is 13.6. The molecular formula is C14H13Br2ClFNS. The third-order valence-corrected chi connectivity index (χ3v) is 5.70. The molecule has 6 heteroatoms. The molecular weight excluding hydrogens is 428 g/mol. The van der Waals surface area contributed by atoms with Gasteiger partial charge in [-0.1, -0.05) is 18.5 Å². The third kappa shape index (κ3) is 3.45. The van der Waals surface area contributed by atoms with Crippen molar-refractivity contribution in [2.75, 3.05) is 6.54 Å². The molecule has 0 amide bonds. The quantitative estimate of drug-likeness (QED) is 0.607. The van der Waals surface area contributed by atoms with Crippen molar-refractivity contribution in [3.8, 4) is 0 Å². The van der Waals surface area contributed by atoms with Gasteiger partial charge in [-0.3, -0.25) is 0 Å². The normalized spacial score (nSPS) is 12.7. The lowest BCUT2D eigenvalue weighted by Crippen LogP contribution is -2.22. The highest BCUT2D eigenvalue weighted by molar-refractivity contribution is 9.12. The molecule has 1 nitrogen and oxygen atoms in total. The first-order valence-corrected chi connectivity index (χ1v) is 8.85. The van der Waals surface area contributed by atoms with E-state index in [-0.39, 0.29) is 11.9 Å². The van der Waals surface area contributed by atoms with E-state index in [9.17, 15) is 4.39 Å². The van der Waals surface area contributed by atoms with Crippen LogP contribution in [0.15, 0.2) is 25.8 Å². The largest absolute Gasteiger partial charge is 0.306 e. The van der Waals surface area contributed by atoms with Gasteiger partial charge in [-0.2, -0.15) is 0 Å². The number of thiophene rings is 1. The van der Waals surface area contributed by atoms with Crippen LogP contribution in [0, 0.1) is 12.7 Å². The topological polar surface area (TPSA) is 12.0 Å². The molecule has 0 fully saturated rings. The Morgan fingerprint density at radius 1 is 1.30 bits per heavy atom. The van der Waals surface area contributed by atoms with E-state index in [1.165, 1.54) is 6.07 Å². The number of rotatable bonds is 4. The van der Waals surface area contributed by atoms with E-state index in [1.807, 2.05) is 13.0 Å². The molecule has 2 rings (SSSR count). The van der Waals surface area contributed by atoms with Gasteiger partial charge in [0.2, 0.25) is 0 Å². The Balaban J connectivity index is 2.54. The summed E-state index contributed by atoms with van der Waals surface area (Å²) in [5, 5.41) is 3.84. The van der Waals surface area contributed by atoms with Crippen LogP contribution < -0.4 is 5.32 Å². The summed E-state index contributed by atoms with van der Waals surface area (Å²) in [6.07, 6.45) is 0. The fourth-order valence-corrected chi connectivity index (χ4v) is 5.20. The fraction of sp³-hybridized carbons (Fsp3) is 0.286. The van der Waals surface area contributed by atoms with Gasteiger partial charge in [-0.25, -0.2) is 4.39 Å². The second-order valence-electron chi connectivity index (χ2n) is 4.39. The highest BCUT2D eigenvalue weighted by Crippen LogP contribution is 2.40. The third-order valence-electron chi connectivity index (χ3n) is 2.99. The molecule has 1 N–H and O–H groups in total. The van der Waals surface area contributed by atoms with Crippen LogP contribution in [0.4, 0.5) is 4.39 Å². The molecule has 0 bridgehead atoms. The Kier molecular flexibility index (Phi) is 5.65. The number of aryl methyl sites for hydroxylation is 1. The molecule has 0 aliphatic heterocycles. The van der Waals surface area contributed by atoms with Crippen LogP contribution in [-0.4, -0.2) is 6.54 Å². The van der Waals surface area contributed by atoms with Gasteiger partial charge in [-0.05, 0) is 80.2 Å². The van der Waals surface area contributed by atoms with Crippen LogP contribution in [-0.2, 0) is 0 Å². The number of benzene rings is 1. The molecule has 1 unspecified atom stereocenters. The average Bonchev–Trinajstić information content (AvgIpc) is 2.70. The number of nitrogens with one attached hydrogen (secondary N) is 1. The van der Waals surface area contributed by atoms with Crippen LogP contribution in [0.5, 0.6) is 0 Å². The Labute approximate surface area is 143 Å². The van der Waals surface area contributed by atoms with Crippen molar-refractivity contribution in [2.45, 2.75) is 19.9 Å². The van der Waals surface area contributed by atoms with Gasteiger partial charge >= 0.3 is 0 Å². The minimum Gasteiger partial charge on any atom is -0.306 e. The SMILES string of the molecule is CCNC(c1cc(C)c(F)cc1Cl)c1cc(Br)sc1Br. The summed E-state index contributed by atoms with van der Waals surface area (Å²) >= 11 is 14.9. The second kappa shape index (κ2) is 6.88. The highest BCUT2D eigenvalue weighted by Gasteiger charge is 2.21. The lowest BCUT2D eigenvalue weighted by atomic mass is 9.99. The first-order chi connectivity index (χ1) is 9.43. The van der Waals surface area contributed by atoms with Crippen LogP contribution in [0.2, 0.25) is 5.02 Å². The van der Waals surface area contributed by atoms with Crippen molar-refractivity contribution in [2.24, 2.45) is 0 Å². The van der Waals surface area contributed by atoms with E-state index in [1.54, 1.807) is 18.3 Å². The molecule has 20 heavy (non-hydrogen) atoms. The molecule has 0 saturated carbocycles. The molecule has 1 aromatic heterocycles. The van der Waals surface area contributed by atoms with Crippen LogP contribution in [0.1, 0.15) is 29.7 Å². The zero-order valence-electron chi connectivity index (χ0n) is 10.9. The van der Waals surface area contributed by atoms with E-state index in [2.05, 4.69) is 43.2 Å². The summed E-state index contributed by atoms with van der Waals surface area (Å²) in [5.41, 5.74) is 2.58. The molecule has 0 saturated heterocycles. The predicted octanol–water partition coefficient (Wildman–Crippen LogP) is 6.07. The van der Waals surface area contributed by atoms with Gasteiger partial charge in [0.1, 0.15) is 5.82 Å². The van der Waals surface area contributed by atoms with E-state index < -0.39 is 0 Å². The highest BCUT2D eigenvalue weighted by atomic mass is 79.9. The fourth-order valence-electron chi connectivity index (χ4n) is 2.04. The van der Waals surface area contributed by atoms with Gasteiger partial charge in [0.25, 0.3) is 0 Å². The van der Waals surface area contributed by atoms with Gasteiger partial charge in [0, 0.05) is 5.02 Å². The zero-order valence-corrected chi connectivity index (χ0v) is 15.7. The molecule has 108 valence electrons. The Hall–Kier alpha value is 0.0600. The van der Waals surface area contributed by atoms with Crippen molar-refractivity contribution >= 4 is 54.8 Å². The molecule has 1 atom stereocenters.